The summed E-state index contributed by atoms with van der Waals surface area (Å²) in [6.07, 6.45) is 0. The summed E-state index contributed by atoms with van der Waals surface area (Å²) in [4.78, 5) is 23.6. The molecule has 0 fully saturated rings. The monoisotopic (exact) mass is 318 g/mol. The molecule has 0 saturated heterocycles. The van der Waals surface area contributed by atoms with Crippen molar-refractivity contribution in [2.75, 3.05) is 19.5 Å². The first-order valence-electron chi connectivity index (χ1n) is 6.82. The molecule has 7 nitrogen and oxygen atoms in total. The number of anilines is 1. The number of hydrogen-bond donors (Lipinski definition) is 2. The first kappa shape index (κ1) is 16.4. The molecule has 0 saturated carbocycles. The number of methoxy groups -OCH3 is 2. The molecule has 122 valence electrons. The van der Waals surface area contributed by atoms with Crippen LogP contribution in [-0.2, 0) is 7.05 Å². The number of aryl methyl sites for hydroxylation is 1. The lowest BCUT2D eigenvalue weighted by Crippen LogP contribution is -2.17. The number of amides is 1. The number of carbonyl (C=O) groups is 2. The van der Waals surface area contributed by atoms with Crippen molar-refractivity contribution < 1.29 is 24.2 Å². The molecule has 0 radical (unpaired) electrons. The van der Waals surface area contributed by atoms with Gasteiger partial charge in [0, 0.05) is 12.7 Å². The lowest BCUT2D eigenvalue weighted by atomic mass is 10.1. The Morgan fingerprint density at radius 1 is 1.17 bits per heavy atom. The maximum absolute atomic E-state index is 12.4. The summed E-state index contributed by atoms with van der Waals surface area (Å²) in [5.74, 6) is -1.01. The van der Waals surface area contributed by atoms with Crippen LogP contribution < -0.4 is 14.8 Å². The molecule has 0 aliphatic heterocycles. The van der Waals surface area contributed by atoms with Gasteiger partial charge in [0.2, 0.25) is 0 Å². The summed E-state index contributed by atoms with van der Waals surface area (Å²) in [5.41, 5.74) is 1.59. The summed E-state index contributed by atoms with van der Waals surface area (Å²) in [6, 6.07) is 6.18. The second-order valence-electron chi connectivity index (χ2n) is 4.94. The van der Waals surface area contributed by atoms with Crippen LogP contribution in [0.25, 0.3) is 0 Å². The summed E-state index contributed by atoms with van der Waals surface area (Å²) in [6.45, 7) is 1.88. The number of nitrogens with zero attached hydrogens (tertiary/aromatic N) is 1. The Morgan fingerprint density at radius 2 is 1.87 bits per heavy atom. The van der Waals surface area contributed by atoms with Crippen LogP contribution in [0.5, 0.6) is 11.5 Å². The minimum absolute atomic E-state index is 0.0130. The van der Waals surface area contributed by atoms with Crippen LogP contribution in [-0.4, -0.2) is 35.8 Å². The van der Waals surface area contributed by atoms with Crippen LogP contribution in [0.15, 0.2) is 24.3 Å². The third-order valence-electron chi connectivity index (χ3n) is 3.58. The lowest BCUT2D eigenvalue weighted by molar-refractivity contribution is 0.0696. The van der Waals surface area contributed by atoms with Crippen LogP contribution in [0, 0.1) is 6.92 Å². The molecule has 0 aliphatic carbocycles. The zero-order valence-electron chi connectivity index (χ0n) is 13.3. The van der Waals surface area contributed by atoms with Gasteiger partial charge in [-0.2, -0.15) is 0 Å². The van der Waals surface area contributed by atoms with Crippen LogP contribution in [0.3, 0.4) is 0 Å². The number of carboxylic acids is 1. The van der Waals surface area contributed by atoms with E-state index in [9.17, 15) is 14.7 Å². The molecule has 1 amide bonds. The standard InChI is InChI=1S/C16H18N2O5/c1-9-5-6-12(18(9)2)15(19)17-11-7-10(16(20)21)8-13(22-3)14(11)23-4/h5-8H,1-4H3,(H,17,19)(H,20,21). The molecule has 0 atom stereocenters. The fraction of sp³-hybridized carbons (Fsp3) is 0.250. The third-order valence-corrected chi connectivity index (χ3v) is 3.58. The number of hydrogen-bond acceptors (Lipinski definition) is 4. The second kappa shape index (κ2) is 6.43. The van der Waals surface area contributed by atoms with E-state index in [0.29, 0.717) is 5.69 Å². The number of aromatic carboxylic acids is 1. The lowest BCUT2D eigenvalue weighted by Gasteiger charge is -2.15. The van der Waals surface area contributed by atoms with Gasteiger partial charge in [0.1, 0.15) is 5.69 Å². The first-order valence-corrected chi connectivity index (χ1v) is 6.82. The second-order valence-corrected chi connectivity index (χ2v) is 4.94. The summed E-state index contributed by atoms with van der Waals surface area (Å²) < 4.78 is 12.1. The number of carbonyl (C=O) groups excluding carboxylic acids is 1. The van der Waals surface area contributed by atoms with Crippen LogP contribution >= 0.6 is 0 Å². The molecule has 1 aromatic heterocycles. The molecule has 2 aromatic rings. The summed E-state index contributed by atoms with van der Waals surface area (Å²) in [5, 5.41) is 11.9. The van der Waals surface area contributed by atoms with E-state index in [0.717, 1.165) is 5.69 Å². The normalized spacial score (nSPS) is 10.3. The van der Waals surface area contributed by atoms with E-state index in [4.69, 9.17) is 9.47 Å². The summed E-state index contributed by atoms with van der Waals surface area (Å²) >= 11 is 0. The van der Waals surface area contributed by atoms with Crippen molar-refractivity contribution in [1.82, 2.24) is 4.57 Å². The Bertz CT molecular complexity index is 764. The van der Waals surface area contributed by atoms with Crippen LogP contribution in [0.1, 0.15) is 26.5 Å². The maximum atomic E-state index is 12.4. The molecule has 1 aromatic carbocycles. The van der Waals surface area contributed by atoms with Gasteiger partial charge in [-0.15, -0.1) is 0 Å². The molecule has 0 spiro atoms. The number of benzene rings is 1. The number of ether oxygens (including phenoxy) is 2. The SMILES string of the molecule is COc1cc(C(=O)O)cc(NC(=O)c2ccc(C)n2C)c1OC. The molecular weight excluding hydrogens is 300 g/mol. The maximum Gasteiger partial charge on any atom is 0.335 e. The van der Waals surface area contributed by atoms with Crippen molar-refractivity contribution in [2.24, 2.45) is 7.05 Å². The van der Waals surface area contributed by atoms with Gasteiger partial charge in [0.25, 0.3) is 5.91 Å². The van der Waals surface area contributed by atoms with E-state index in [1.807, 2.05) is 13.0 Å². The van der Waals surface area contributed by atoms with Crippen LogP contribution in [0.2, 0.25) is 0 Å². The Labute approximate surface area is 133 Å². The molecule has 0 aliphatic rings. The number of carboxylic acid groups (broad SMARTS) is 1. The highest BCUT2D eigenvalue weighted by Crippen LogP contribution is 2.36. The van der Waals surface area contributed by atoms with Gasteiger partial charge in [-0.05, 0) is 31.2 Å². The van der Waals surface area contributed by atoms with E-state index in [2.05, 4.69) is 5.32 Å². The molecule has 0 bridgehead atoms. The van der Waals surface area contributed by atoms with E-state index >= 15 is 0 Å². The molecular formula is C16H18N2O5. The average Bonchev–Trinajstić information content (AvgIpc) is 2.85. The zero-order chi connectivity index (χ0) is 17.1. The van der Waals surface area contributed by atoms with Crippen molar-refractivity contribution in [3.05, 3.63) is 41.2 Å². The molecule has 2 rings (SSSR count). The smallest absolute Gasteiger partial charge is 0.335 e. The molecule has 7 heteroatoms. The minimum atomic E-state index is -1.13. The number of aromatic nitrogens is 1. The number of nitrogens with one attached hydrogen (secondary N) is 1. The fourth-order valence-corrected chi connectivity index (χ4v) is 2.21. The van der Waals surface area contributed by atoms with Gasteiger partial charge in [-0.3, -0.25) is 4.79 Å². The van der Waals surface area contributed by atoms with Gasteiger partial charge >= 0.3 is 5.97 Å². The quantitative estimate of drug-likeness (QED) is 0.883. The van der Waals surface area contributed by atoms with Gasteiger partial charge in [0.05, 0.1) is 25.5 Å². The minimum Gasteiger partial charge on any atom is -0.493 e. The predicted octanol–water partition coefficient (Wildman–Crippen LogP) is 2.30. The Kier molecular flexibility index (Phi) is 4.59. The average molecular weight is 318 g/mol. The van der Waals surface area contributed by atoms with Crippen LogP contribution in [0.4, 0.5) is 5.69 Å². The van der Waals surface area contributed by atoms with Gasteiger partial charge in [-0.1, -0.05) is 0 Å². The number of rotatable bonds is 5. The Morgan fingerprint density at radius 3 is 2.35 bits per heavy atom. The topological polar surface area (TPSA) is 89.8 Å². The fourth-order valence-electron chi connectivity index (χ4n) is 2.21. The van der Waals surface area contributed by atoms with Crippen molar-refractivity contribution in [3.63, 3.8) is 0 Å². The van der Waals surface area contributed by atoms with Crippen molar-refractivity contribution in [2.45, 2.75) is 6.92 Å². The van der Waals surface area contributed by atoms with Crippen molar-refractivity contribution >= 4 is 17.6 Å². The molecule has 0 unspecified atom stereocenters. The highest BCUT2D eigenvalue weighted by Gasteiger charge is 2.19. The zero-order valence-corrected chi connectivity index (χ0v) is 13.3. The summed E-state index contributed by atoms with van der Waals surface area (Å²) in [7, 11) is 4.59. The molecule has 2 N–H and O–H groups in total. The molecule has 23 heavy (non-hydrogen) atoms. The van der Waals surface area contributed by atoms with Gasteiger partial charge in [0.15, 0.2) is 11.5 Å². The highest BCUT2D eigenvalue weighted by molar-refractivity contribution is 6.05. The molecule has 1 heterocycles. The Balaban J connectivity index is 2.45. The van der Waals surface area contributed by atoms with E-state index in [-0.39, 0.29) is 28.7 Å². The largest absolute Gasteiger partial charge is 0.493 e. The van der Waals surface area contributed by atoms with Gasteiger partial charge in [-0.25, -0.2) is 4.79 Å². The Hall–Kier alpha value is -2.96. The van der Waals surface area contributed by atoms with E-state index in [1.54, 1.807) is 17.7 Å². The van der Waals surface area contributed by atoms with E-state index in [1.165, 1.54) is 26.4 Å². The predicted molar refractivity (Wildman–Crippen MR) is 84.6 cm³/mol. The van der Waals surface area contributed by atoms with E-state index < -0.39 is 5.97 Å². The van der Waals surface area contributed by atoms with Crippen molar-refractivity contribution in [1.29, 1.82) is 0 Å². The third kappa shape index (κ3) is 3.13. The highest BCUT2D eigenvalue weighted by atomic mass is 16.5. The van der Waals surface area contributed by atoms with Crippen molar-refractivity contribution in [3.8, 4) is 11.5 Å². The first-order chi connectivity index (χ1) is 10.9. The van der Waals surface area contributed by atoms with Gasteiger partial charge < -0.3 is 24.5 Å².